The molecular formula is C36H49ClN4O7S2. The Morgan fingerprint density at radius 1 is 1.12 bits per heavy atom. The predicted octanol–water partition coefficient (Wildman–Crippen LogP) is 7.70. The number of ether oxygens (including phenoxy) is 2. The Balaban J connectivity index is 1.89. The first kappa shape index (κ1) is 39.7. The van der Waals surface area contributed by atoms with Gasteiger partial charge in [0.2, 0.25) is 0 Å². The molecule has 0 spiro atoms. The van der Waals surface area contributed by atoms with Crippen LogP contribution in [0.15, 0.2) is 45.1 Å². The molecule has 1 unspecified atom stereocenters. The van der Waals surface area contributed by atoms with E-state index in [0.717, 1.165) is 33.4 Å². The number of hydrogen-bond donors (Lipinski definition) is 1. The summed E-state index contributed by atoms with van der Waals surface area (Å²) in [5.74, 6) is -0.839. The van der Waals surface area contributed by atoms with Crippen molar-refractivity contribution in [3.05, 3.63) is 46.5 Å². The van der Waals surface area contributed by atoms with Gasteiger partial charge >= 0.3 is 6.09 Å². The molecule has 2 aliphatic heterocycles. The number of thioether (sulfide) groups is 1. The molecule has 2 aromatic carbocycles. The van der Waals surface area contributed by atoms with Gasteiger partial charge in [-0.2, -0.15) is 0 Å². The molecule has 4 rings (SSSR count). The summed E-state index contributed by atoms with van der Waals surface area (Å²) in [6.45, 7) is 17.5. The van der Waals surface area contributed by atoms with Crippen LogP contribution in [-0.4, -0.2) is 78.5 Å². The SMILES string of the molecule is CCCCOCCCN1C(C(C(=O)Nc2cc(C(C)(C)C)ccc2SCC(C)C)N2C(=O)OC(C)(C)C2=O)=Nc2cc(Cl)c(C)cc2S1(=O)=O. The summed E-state index contributed by atoms with van der Waals surface area (Å²) in [5, 5.41) is 3.23. The molecule has 0 radical (unpaired) electrons. The number of nitrogens with one attached hydrogen (secondary N) is 1. The zero-order valence-corrected chi connectivity index (χ0v) is 32.8. The number of rotatable bonds is 14. The lowest BCUT2D eigenvalue weighted by Crippen LogP contribution is -2.59. The van der Waals surface area contributed by atoms with Gasteiger partial charge in [0.25, 0.3) is 21.8 Å². The fraction of sp³-hybridized carbons (Fsp3) is 0.556. The van der Waals surface area contributed by atoms with E-state index >= 15 is 0 Å². The summed E-state index contributed by atoms with van der Waals surface area (Å²) in [6, 6.07) is 6.83. The molecule has 0 saturated carbocycles. The standard InChI is InChI=1S/C36H49ClN4O7S2/c1-10-11-16-47-17-12-15-40-31(38-27-20-25(37)23(4)18-29(27)50(40,45)46)30(41-33(43)36(8,9)48-34(41)44)32(42)39-26-19-24(35(5,6)7)13-14-28(26)49-21-22(2)3/h13-14,18-20,22,30H,10-12,15-17,21H2,1-9H3,(H,39,42). The maximum absolute atomic E-state index is 14.7. The van der Waals surface area contributed by atoms with Crippen LogP contribution < -0.4 is 5.32 Å². The molecule has 1 fully saturated rings. The van der Waals surface area contributed by atoms with E-state index in [2.05, 4.69) is 44.9 Å². The van der Waals surface area contributed by atoms with Gasteiger partial charge < -0.3 is 14.8 Å². The number of imide groups is 1. The number of carbonyl (C=O) groups excluding carboxylic acids is 3. The van der Waals surface area contributed by atoms with Crippen molar-refractivity contribution in [2.45, 2.75) is 108 Å². The summed E-state index contributed by atoms with van der Waals surface area (Å²) in [4.78, 5) is 48.0. The largest absolute Gasteiger partial charge is 0.433 e. The first-order valence-corrected chi connectivity index (χ1v) is 19.7. The highest BCUT2D eigenvalue weighted by molar-refractivity contribution is 7.99. The van der Waals surface area contributed by atoms with E-state index in [0.29, 0.717) is 28.7 Å². The molecule has 3 amide bonds. The minimum absolute atomic E-state index is 0.00831. The number of carbonyl (C=O) groups is 3. The van der Waals surface area contributed by atoms with E-state index in [1.54, 1.807) is 18.7 Å². The highest BCUT2D eigenvalue weighted by atomic mass is 35.5. The van der Waals surface area contributed by atoms with Gasteiger partial charge in [-0.3, -0.25) is 13.9 Å². The first-order valence-electron chi connectivity index (χ1n) is 16.9. The van der Waals surface area contributed by atoms with Gasteiger partial charge in [-0.25, -0.2) is 23.1 Å². The molecule has 50 heavy (non-hydrogen) atoms. The van der Waals surface area contributed by atoms with Crippen LogP contribution in [0.2, 0.25) is 5.02 Å². The van der Waals surface area contributed by atoms with Gasteiger partial charge in [-0.1, -0.05) is 65.6 Å². The minimum atomic E-state index is -4.35. The van der Waals surface area contributed by atoms with Gasteiger partial charge in [0.15, 0.2) is 17.5 Å². The molecule has 11 nitrogen and oxygen atoms in total. The predicted molar refractivity (Wildman–Crippen MR) is 198 cm³/mol. The van der Waals surface area contributed by atoms with Gasteiger partial charge in [0.1, 0.15) is 4.90 Å². The molecule has 0 bridgehead atoms. The van der Waals surface area contributed by atoms with E-state index in [-0.39, 0.29) is 46.4 Å². The maximum atomic E-state index is 14.7. The summed E-state index contributed by atoms with van der Waals surface area (Å²) in [7, 11) is -4.35. The van der Waals surface area contributed by atoms with Crippen LogP contribution in [0.5, 0.6) is 0 Å². The average molecular weight is 749 g/mol. The molecule has 2 aliphatic rings. The van der Waals surface area contributed by atoms with Crippen molar-refractivity contribution < 1.29 is 32.3 Å². The van der Waals surface area contributed by atoms with Crippen LogP contribution in [0, 0.1) is 12.8 Å². The van der Waals surface area contributed by atoms with Crippen LogP contribution in [-0.2, 0) is 34.5 Å². The fourth-order valence-electron chi connectivity index (χ4n) is 5.38. The first-order chi connectivity index (χ1) is 23.3. The number of unbranched alkanes of at least 4 members (excludes halogenated alkanes) is 1. The van der Waals surface area contributed by atoms with E-state index in [1.165, 1.54) is 26.0 Å². The van der Waals surface area contributed by atoms with Gasteiger partial charge in [-0.15, -0.1) is 11.8 Å². The Hall–Kier alpha value is -3.13. The number of benzene rings is 2. The maximum Gasteiger partial charge on any atom is 0.418 e. The number of sulfonamides is 1. The summed E-state index contributed by atoms with van der Waals surface area (Å²) in [6.07, 6.45) is 0.965. The summed E-state index contributed by atoms with van der Waals surface area (Å²) < 4.78 is 40.9. The lowest BCUT2D eigenvalue weighted by molar-refractivity contribution is -0.137. The topological polar surface area (TPSA) is 135 Å². The molecule has 2 aromatic rings. The smallest absolute Gasteiger partial charge is 0.418 e. The Morgan fingerprint density at radius 2 is 1.80 bits per heavy atom. The molecule has 0 aliphatic carbocycles. The number of cyclic esters (lactones) is 1. The molecular weight excluding hydrogens is 700 g/mol. The number of halogens is 1. The second kappa shape index (κ2) is 15.6. The van der Waals surface area contributed by atoms with Crippen LogP contribution in [0.1, 0.15) is 85.8 Å². The average Bonchev–Trinajstić information content (AvgIpc) is 3.21. The molecule has 1 saturated heterocycles. The monoisotopic (exact) mass is 748 g/mol. The number of fused-ring (bicyclic) bond motifs is 1. The molecule has 1 atom stereocenters. The normalized spacial score (nSPS) is 17.5. The number of amides is 3. The molecule has 0 aromatic heterocycles. The highest BCUT2D eigenvalue weighted by Gasteiger charge is 2.55. The van der Waals surface area contributed by atoms with Crippen molar-refractivity contribution >= 4 is 68.5 Å². The lowest BCUT2D eigenvalue weighted by Gasteiger charge is -2.35. The number of aliphatic imine (C=N–C) groups is 1. The van der Waals surface area contributed by atoms with Crippen molar-refractivity contribution in [3.63, 3.8) is 0 Å². The van der Waals surface area contributed by atoms with E-state index < -0.39 is 39.6 Å². The van der Waals surface area contributed by atoms with Crippen molar-refractivity contribution in [2.75, 3.05) is 30.8 Å². The Morgan fingerprint density at radius 3 is 2.40 bits per heavy atom. The van der Waals surface area contributed by atoms with Crippen molar-refractivity contribution in [1.82, 2.24) is 9.21 Å². The second-order valence-corrected chi connectivity index (χ2v) is 17.8. The summed E-state index contributed by atoms with van der Waals surface area (Å²) in [5.41, 5.74) is 0.0481. The van der Waals surface area contributed by atoms with E-state index in [1.807, 2.05) is 25.1 Å². The third-order valence-corrected chi connectivity index (χ3v) is 12.0. The quantitative estimate of drug-likeness (QED) is 0.154. The highest BCUT2D eigenvalue weighted by Crippen LogP contribution is 2.39. The third kappa shape index (κ3) is 8.66. The van der Waals surface area contributed by atoms with Gasteiger partial charge in [0, 0.05) is 35.4 Å². The van der Waals surface area contributed by atoms with Gasteiger partial charge in [-0.05, 0) is 80.3 Å². The number of aryl methyl sites for hydroxylation is 1. The second-order valence-electron chi connectivity index (χ2n) is 14.5. The van der Waals surface area contributed by atoms with Crippen LogP contribution in [0.25, 0.3) is 0 Å². The Labute approximate surface area is 305 Å². The molecule has 274 valence electrons. The lowest BCUT2D eigenvalue weighted by atomic mass is 9.87. The molecule has 1 N–H and O–H groups in total. The van der Waals surface area contributed by atoms with Crippen molar-refractivity contribution in [3.8, 4) is 0 Å². The third-order valence-electron chi connectivity index (χ3n) is 8.29. The van der Waals surface area contributed by atoms with Crippen LogP contribution in [0.3, 0.4) is 0 Å². The van der Waals surface area contributed by atoms with Crippen molar-refractivity contribution in [2.24, 2.45) is 10.9 Å². The number of hydrogen-bond acceptors (Lipinski definition) is 9. The Bertz CT molecular complexity index is 1770. The van der Waals surface area contributed by atoms with Gasteiger partial charge in [0.05, 0.1) is 11.4 Å². The van der Waals surface area contributed by atoms with Crippen LogP contribution >= 0.6 is 23.4 Å². The number of amidine groups is 1. The van der Waals surface area contributed by atoms with Crippen LogP contribution in [0.4, 0.5) is 16.2 Å². The van der Waals surface area contributed by atoms with E-state index in [4.69, 9.17) is 21.1 Å². The van der Waals surface area contributed by atoms with Crippen molar-refractivity contribution in [1.29, 1.82) is 0 Å². The molecule has 14 heteroatoms. The Kier molecular flexibility index (Phi) is 12.4. The molecule has 2 heterocycles. The zero-order chi connectivity index (χ0) is 37.2. The summed E-state index contributed by atoms with van der Waals surface area (Å²) >= 11 is 7.99. The van der Waals surface area contributed by atoms with E-state index in [9.17, 15) is 22.8 Å². The minimum Gasteiger partial charge on any atom is -0.433 e. The zero-order valence-electron chi connectivity index (χ0n) is 30.4. The number of nitrogens with zero attached hydrogens (tertiary/aromatic N) is 3. The number of anilines is 1. The fourth-order valence-corrected chi connectivity index (χ4v) is 8.17.